The van der Waals surface area contributed by atoms with E-state index in [4.69, 9.17) is 0 Å². The first-order valence-electron chi connectivity index (χ1n) is 21.4. The molecule has 6 aliphatic heterocycles. The van der Waals surface area contributed by atoms with E-state index in [9.17, 15) is 24.0 Å². The Morgan fingerprint density at radius 2 is 1.45 bits per heavy atom. The molecule has 7 heterocycles. The topological polar surface area (TPSA) is 146 Å². The van der Waals surface area contributed by atoms with Crippen LogP contribution in [0.15, 0.2) is 65.5 Å². The predicted molar refractivity (Wildman–Crippen MR) is 222 cm³/mol. The highest BCUT2D eigenvalue weighted by Gasteiger charge is 2.43. The molecule has 4 amide bonds. The molecule has 4 aromatic rings. The van der Waals surface area contributed by atoms with Crippen molar-refractivity contribution in [2.24, 2.45) is 5.92 Å². The average molecular weight is 816 g/mol. The molecule has 5 fully saturated rings. The number of anilines is 1. The number of carbonyl (C=O) groups excluding carboxylic acids is 4. The molecule has 10 rings (SSSR count). The van der Waals surface area contributed by atoms with Gasteiger partial charge in [0.15, 0.2) is 0 Å². The van der Waals surface area contributed by atoms with Crippen molar-refractivity contribution in [2.75, 3.05) is 70.3 Å². The van der Waals surface area contributed by atoms with Crippen molar-refractivity contribution < 1.29 is 23.6 Å². The summed E-state index contributed by atoms with van der Waals surface area (Å²) in [6.45, 7) is 9.00. The van der Waals surface area contributed by atoms with E-state index in [2.05, 4.69) is 53.3 Å². The number of aromatic amines is 1. The van der Waals surface area contributed by atoms with Crippen LogP contribution in [0.25, 0.3) is 10.8 Å². The molecule has 0 aliphatic carbocycles. The maximum absolute atomic E-state index is 15.1. The molecule has 5 saturated heterocycles. The number of rotatable bonds is 8. The highest BCUT2D eigenvalue weighted by molar-refractivity contribution is 6.00. The zero-order chi connectivity index (χ0) is 41.1. The minimum absolute atomic E-state index is 0.00163. The fourth-order valence-electron chi connectivity index (χ4n) is 10.2. The molecule has 0 saturated carbocycles. The average Bonchev–Trinajstić information content (AvgIpc) is 3.66. The van der Waals surface area contributed by atoms with Crippen molar-refractivity contribution in [3.63, 3.8) is 0 Å². The van der Waals surface area contributed by atoms with Crippen LogP contribution in [0.4, 0.5) is 10.1 Å². The Bertz CT molecular complexity index is 2410. The first-order valence-corrected chi connectivity index (χ1v) is 21.4. The summed E-state index contributed by atoms with van der Waals surface area (Å²) >= 11 is 0. The summed E-state index contributed by atoms with van der Waals surface area (Å²) in [5.41, 5.74) is 4.84. The van der Waals surface area contributed by atoms with Gasteiger partial charge in [-0.15, -0.1) is 0 Å². The Labute approximate surface area is 347 Å². The monoisotopic (exact) mass is 815 g/mol. The summed E-state index contributed by atoms with van der Waals surface area (Å²) in [6, 6.07) is 19.2. The van der Waals surface area contributed by atoms with Crippen LogP contribution >= 0.6 is 0 Å². The zero-order valence-electron chi connectivity index (χ0n) is 33.7. The number of benzene rings is 3. The summed E-state index contributed by atoms with van der Waals surface area (Å²) in [5.74, 6) is -1.18. The molecule has 3 aromatic carbocycles. The lowest BCUT2D eigenvalue weighted by molar-refractivity contribution is -0.139. The number of halogens is 1. The van der Waals surface area contributed by atoms with Crippen LogP contribution in [-0.2, 0) is 33.9 Å². The fourth-order valence-corrected chi connectivity index (χ4v) is 10.2. The van der Waals surface area contributed by atoms with E-state index >= 15 is 4.39 Å². The number of amides is 4. The van der Waals surface area contributed by atoms with Gasteiger partial charge in [0, 0.05) is 107 Å². The number of aromatic nitrogens is 2. The predicted octanol–water partition coefficient (Wildman–Crippen LogP) is 2.34. The van der Waals surface area contributed by atoms with Crippen molar-refractivity contribution in [2.45, 2.75) is 63.3 Å². The number of piperazine rings is 1. The van der Waals surface area contributed by atoms with Crippen molar-refractivity contribution in [3.8, 4) is 0 Å². The van der Waals surface area contributed by atoms with Gasteiger partial charge in [0.05, 0.1) is 22.7 Å². The number of likely N-dealkylation sites (tertiary alicyclic amines) is 2. The standard InChI is InChI=1S/C45H50FN9O5/c46-38-8-5-28(20-39-35-3-1-2-4-36(35)42(57)49-48-39)19-37(38)45(60)52-17-15-51(16-18-52)44(59)29-11-13-50(14-12-29)33-24-54(25-33)34-26-53(27-34)32-7-6-30-22-55(23-31(30)21-32)40-9-10-41(56)47-43(40)58/h1-8,19,21,29,33-34,40H,9-18,20,22-27H2,(H,49,57)(H,47,56,58). The molecular weight excluding hydrogens is 766 g/mol. The van der Waals surface area contributed by atoms with Crippen LogP contribution in [0.1, 0.15) is 58.4 Å². The lowest BCUT2D eigenvalue weighted by Crippen LogP contribution is -2.70. The van der Waals surface area contributed by atoms with Gasteiger partial charge in [0.25, 0.3) is 11.5 Å². The van der Waals surface area contributed by atoms with Gasteiger partial charge >= 0.3 is 0 Å². The number of nitrogens with one attached hydrogen (secondary N) is 2. The molecule has 14 nitrogen and oxygen atoms in total. The third-order valence-corrected chi connectivity index (χ3v) is 13.9. The van der Waals surface area contributed by atoms with Gasteiger partial charge in [-0.2, -0.15) is 5.10 Å². The van der Waals surface area contributed by atoms with Crippen molar-refractivity contribution in [1.29, 1.82) is 0 Å². The van der Waals surface area contributed by atoms with E-state index in [0.717, 1.165) is 65.2 Å². The third kappa shape index (κ3) is 7.36. The van der Waals surface area contributed by atoms with Crippen LogP contribution in [0.3, 0.4) is 0 Å². The number of hydrogen-bond donors (Lipinski definition) is 2. The molecule has 0 spiro atoms. The van der Waals surface area contributed by atoms with E-state index in [1.165, 1.54) is 22.9 Å². The van der Waals surface area contributed by atoms with Crippen molar-refractivity contribution >= 4 is 40.1 Å². The van der Waals surface area contributed by atoms with E-state index in [-0.39, 0.29) is 46.7 Å². The molecule has 0 radical (unpaired) electrons. The lowest BCUT2D eigenvalue weighted by Gasteiger charge is -2.55. The number of hydrogen-bond acceptors (Lipinski definition) is 10. The molecule has 2 N–H and O–H groups in total. The van der Waals surface area contributed by atoms with E-state index < -0.39 is 5.82 Å². The van der Waals surface area contributed by atoms with Gasteiger partial charge in [-0.25, -0.2) is 9.49 Å². The Kier molecular flexibility index (Phi) is 10.2. The van der Waals surface area contributed by atoms with Gasteiger partial charge in [-0.1, -0.05) is 30.3 Å². The van der Waals surface area contributed by atoms with Gasteiger partial charge in [0.2, 0.25) is 17.7 Å². The smallest absolute Gasteiger partial charge is 0.272 e. The van der Waals surface area contributed by atoms with Gasteiger partial charge in [-0.3, -0.25) is 44.0 Å². The van der Waals surface area contributed by atoms with Gasteiger partial charge in [0.1, 0.15) is 5.82 Å². The first kappa shape index (κ1) is 38.7. The Morgan fingerprint density at radius 1 is 0.733 bits per heavy atom. The third-order valence-electron chi connectivity index (χ3n) is 13.9. The number of imide groups is 1. The minimum atomic E-state index is -0.588. The normalized spacial score (nSPS) is 22.5. The van der Waals surface area contributed by atoms with E-state index in [0.29, 0.717) is 79.6 Å². The maximum atomic E-state index is 15.1. The second-order valence-corrected chi connectivity index (χ2v) is 17.5. The second-order valence-electron chi connectivity index (χ2n) is 17.5. The summed E-state index contributed by atoms with van der Waals surface area (Å²) in [7, 11) is 0. The van der Waals surface area contributed by atoms with Crippen LogP contribution in [-0.4, -0.2) is 142 Å². The van der Waals surface area contributed by atoms with Crippen molar-refractivity contribution in [3.05, 3.63) is 105 Å². The number of H-pyrrole nitrogens is 1. The first-order chi connectivity index (χ1) is 29.1. The second kappa shape index (κ2) is 15.8. The number of piperidine rings is 2. The summed E-state index contributed by atoms with van der Waals surface area (Å²) in [6.07, 6.45) is 2.97. The molecule has 312 valence electrons. The largest absolute Gasteiger partial charge is 0.368 e. The van der Waals surface area contributed by atoms with Crippen LogP contribution in [0, 0.1) is 11.7 Å². The summed E-state index contributed by atoms with van der Waals surface area (Å²) in [4.78, 5) is 76.8. The molecule has 0 bridgehead atoms. The Morgan fingerprint density at radius 3 is 2.22 bits per heavy atom. The maximum Gasteiger partial charge on any atom is 0.272 e. The van der Waals surface area contributed by atoms with Crippen LogP contribution in [0.5, 0.6) is 0 Å². The quantitative estimate of drug-likeness (QED) is 0.255. The van der Waals surface area contributed by atoms with Crippen LogP contribution in [0.2, 0.25) is 0 Å². The number of nitrogens with zero attached hydrogens (tertiary/aromatic N) is 7. The highest BCUT2D eigenvalue weighted by atomic mass is 19.1. The summed E-state index contributed by atoms with van der Waals surface area (Å²) < 4.78 is 15.1. The lowest BCUT2D eigenvalue weighted by atomic mass is 9.91. The van der Waals surface area contributed by atoms with Gasteiger partial charge < -0.3 is 14.7 Å². The number of carbonyl (C=O) groups is 4. The zero-order valence-corrected chi connectivity index (χ0v) is 33.7. The molecule has 1 unspecified atom stereocenters. The van der Waals surface area contributed by atoms with Crippen molar-refractivity contribution in [1.82, 2.24) is 40.0 Å². The van der Waals surface area contributed by atoms with E-state index in [1.54, 1.807) is 29.2 Å². The SMILES string of the molecule is O=C1CCC(N2Cc3ccc(N4CC(N5CC(N6CCC(C(=O)N7CCN(C(=O)c8cc(Cc9n[nH]c(=O)c%10ccccc9%10)ccc8F)CC7)CC6)C5)C4)cc3C2)C(=O)N1. The van der Waals surface area contributed by atoms with E-state index in [1.807, 2.05) is 17.0 Å². The fraction of sp³-hybridized carbons (Fsp3) is 0.467. The molecule has 60 heavy (non-hydrogen) atoms. The Hall–Kier alpha value is -5.51. The Balaban J connectivity index is 0.653. The molecule has 15 heteroatoms. The number of fused-ring (bicyclic) bond motifs is 2. The van der Waals surface area contributed by atoms with Gasteiger partial charge in [-0.05, 0) is 79.4 Å². The molecule has 1 atom stereocenters. The highest BCUT2D eigenvalue weighted by Crippen LogP contribution is 2.34. The molecule has 1 aromatic heterocycles. The molecule has 6 aliphatic rings. The molecular formula is C45H50FN9O5. The minimum Gasteiger partial charge on any atom is -0.368 e. The van der Waals surface area contributed by atoms with Crippen LogP contribution < -0.4 is 15.8 Å². The summed E-state index contributed by atoms with van der Waals surface area (Å²) in [5, 5.41) is 10.5.